The molecule has 0 amide bonds. The zero-order valence-electron chi connectivity index (χ0n) is 7.32. The zero-order valence-corrected chi connectivity index (χ0v) is 7.32. The Labute approximate surface area is 82.8 Å². The van der Waals surface area contributed by atoms with E-state index in [1.54, 1.807) is 0 Å². The Morgan fingerprint density at radius 3 is 2.47 bits per heavy atom. The van der Waals surface area contributed by atoms with Crippen molar-refractivity contribution in [3.05, 3.63) is 5.21 Å². The van der Waals surface area contributed by atoms with Crippen LogP contribution in [0.15, 0.2) is 15.4 Å². The summed E-state index contributed by atoms with van der Waals surface area (Å²) in [5.41, 5.74) is 15.3. The molecular weight excluding hydrogens is 208 g/mol. The minimum Gasteiger partial charge on any atom is -0.597 e. The van der Waals surface area contributed by atoms with E-state index in [1.165, 1.54) is 0 Å². The molecule has 2 heterocycles. The minimum atomic E-state index is -1.70. The summed E-state index contributed by atoms with van der Waals surface area (Å²) >= 11 is 0. The Bertz CT molecular complexity index is 354. The highest BCUT2D eigenvalue weighted by Gasteiger charge is 2.43. The van der Waals surface area contributed by atoms with Crippen molar-refractivity contribution in [2.24, 2.45) is 26.9 Å². The lowest BCUT2D eigenvalue weighted by Gasteiger charge is -2.17. The van der Waals surface area contributed by atoms with Gasteiger partial charge in [0, 0.05) is 5.11 Å². The molecule has 11 nitrogen and oxygen atoms in total. The van der Waals surface area contributed by atoms with E-state index in [4.69, 9.17) is 11.5 Å². The first-order valence-electron chi connectivity index (χ1n) is 3.77. The molecule has 0 bridgehead atoms. The predicted molar refractivity (Wildman–Crippen MR) is 45.3 cm³/mol. The van der Waals surface area contributed by atoms with Crippen molar-refractivity contribution in [1.29, 1.82) is 0 Å². The molecule has 2 atom stereocenters. The van der Waals surface area contributed by atoms with Crippen LogP contribution >= 0.6 is 0 Å². The first-order valence-corrected chi connectivity index (χ1v) is 3.77. The van der Waals surface area contributed by atoms with Crippen LogP contribution < -0.4 is 22.4 Å². The van der Waals surface area contributed by atoms with Crippen molar-refractivity contribution in [2.45, 2.75) is 11.6 Å². The first kappa shape index (κ1) is 9.72. The molecule has 0 aromatic rings. The van der Waals surface area contributed by atoms with Gasteiger partial charge in [-0.25, -0.2) is 5.73 Å². The number of nitrogens with one attached hydrogen (secondary N) is 2. The fourth-order valence-electron chi connectivity index (χ4n) is 0.833. The fraction of sp³-hybridized carbons (Fsp3) is 0.500. The molecular formula is C4H8N8O3. The Hall–Kier alpha value is -1.82. The maximum Gasteiger partial charge on any atom is 0.380 e. The Balaban J connectivity index is 2.19. The Kier molecular flexibility index (Phi) is 2.01. The number of nitrogens with two attached hydrogens (primary N) is 2. The highest BCUT2D eigenvalue weighted by molar-refractivity contribution is 5.69. The lowest BCUT2D eigenvalue weighted by Crippen LogP contribution is -2.60. The van der Waals surface area contributed by atoms with Gasteiger partial charge in [-0.3, -0.25) is 15.6 Å². The third-order valence-electron chi connectivity index (χ3n) is 1.60. The number of hydroxylamine groups is 3. The fourth-order valence-corrected chi connectivity index (χ4v) is 0.833. The van der Waals surface area contributed by atoms with Crippen LogP contribution in [0.25, 0.3) is 0 Å². The molecule has 6 N–H and O–H groups in total. The van der Waals surface area contributed by atoms with Gasteiger partial charge in [-0.2, -0.15) is 0 Å². The van der Waals surface area contributed by atoms with Crippen LogP contribution in [0.1, 0.15) is 0 Å². The maximum atomic E-state index is 11.5. The number of hydrogen-bond donors (Lipinski definition) is 4. The quantitative estimate of drug-likeness (QED) is 0.168. The van der Waals surface area contributed by atoms with E-state index in [0.29, 0.717) is 0 Å². The van der Waals surface area contributed by atoms with E-state index < -0.39 is 11.6 Å². The average Bonchev–Trinajstić information content (AvgIpc) is 2.76. The second-order valence-corrected chi connectivity index (χ2v) is 2.88. The molecule has 0 radical (unpaired) electrons. The zero-order chi connectivity index (χ0) is 10.9. The first-order chi connectivity index (χ1) is 7.04. The van der Waals surface area contributed by atoms with Crippen LogP contribution in [0.5, 0.6) is 0 Å². The van der Waals surface area contributed by atoms with Gasteiger partial charge in [0.25, 0.3) is 5.79 Å². The molecule has 0 aliphatic carbocycles. The lowest BCUT2D eigenvalue weighted by molar-refractivity contribution is -0.608. The molecule has 15 heavy (non-hydrogen) atoms. The van der Waals surface area contributed by atoms with Crippen LogP contribution in [0, 0.1) is 5.21 Å². The van der Waals surface area contributed by atoms with E-state index in [1.807, 2.05) is 0 Å². The molecule has 0 saturated carbocycles. The summed E-state index contributed by atoms with van der Waals surface area (Å²) in [7, 11) is 0. The summed E-state index contributed by atoms with van der Waals surface area (Å²) in [5.74, 6) is -3.27. The molecule has 82 valence electrons. The molecule has 2 aliphatic heterocycles. The van der Waals surface area contributed by atoms with Crippen molar-refractivity contribution >= 4 is 12.4 Å². The summed E-state index contributed by atoms with van der Waals surface area (Å²) in [4.78, 5) is 8.79. The van der Waals surface area contributed by atoms with Gasteiger partial charge in [-0.05, 0) is 10.3 Å². The van der Waals surface area contributed by atoms with Crippen LogP contribution in [-0.2, 0) is 9.88 Å². The van der Waals surface area contributed by atoms with Gasteiger partial charge in [-0.15, -0.1) is 0 Å². The number of azo groups is 1. The van der Waals surface area contributed by atoms with Gasteiger partial charge in [0.2, 0.25) is 0 Å². The SMILES string of the molecule is NC1(N=[N+]([O-])C2(N)C=NON2)C=NON1. The Morgan fingerprint density at radius 1 is 1.27 bits per heavy atom. The predicted octanol–water partition coefficient (Wildman–Crippen LogP) is -2.78. The molecule has 0 saturated heterocycles. The molecule has 0 aromatic heterocycles. The summed E-state index contributed by atoms with van der Waals surface area (Å²) in [6.07, 6.45) is 2.12. The third kappa shape index (κ3) is 1.71. The van der Waals surface area contributed by atoms with Crippen molar-refractivity contribution in [3.8, 4) is 0 Å². The molecule has 2 unspecified atom stereocenters. The van der Waals surface area contributed by atoms with Gasteiger partial charge in [0.15, 0.2) is 6.21 Å². The van der Waals surface area contributed by atoms with Crippen LogP contribution in [-0.4, -0.2) is 28.9 Å². The maximum absolute atomic E-state index is 11.5. The van der Waals surface area contributed by atoms with E-state index in [9.17, 15) is 5.21 Å². The summed E-state index contributed by atoms with van der Waals surface area (Å²) in [6, 6.07) is 0. The standard InChI is InChI=1S/C4H8N8O3/c5-3(1-7-14-10-3)9-12(13)4(6)2-8-15-11-4/h1-2,10-11H,5-6H2. The molecule has 11 heteroatoms. The van der Waals surface area contributed by atoms with Crippen molar-refractivity contribution < 1.29 is 14.7 Å². The van der Waals surface area contributed by atoms with Gasteiger partial charge >= 0.3 is 5.79 Å². The van der Waals surface area contributed by atoms with E-state index in [2.05, 4.69) is 36.3 Å². The second-order valence-electron chi connectivity index (χ2n) is 2.88. The topological polar surface area (TPSA) is 158 Å². The lowest BCUT2D eigenvalue weighted by atomic mass is 10.4. The number of oxime groups is 2. The number of nitrogens with zero attached hydrogens (tertiary/aromatic N) is 4. The number of hydrogen-bond acceptors (Lipinski definition) is 10. The normalized spacial score (nSPS) is 39.2. The molecule has 2 aliphatic rings. The van der Waals surface area contributed by atoms with Crippen molar-refractivity contribution in [3.63, 3.8) is 0 Å². The molecule has 2 rings (SSSR count). The van der Waals surface area contributed by atoms with Crippen molar-refractivity contribution in [2.75, 3.05) is 0 Å². The van der Waals surface area contributed by atoms with Crippen LogP contribution in [0.2, 0.25) is 0 Å². The van der Waals surface area contributed by atoms with E-state index in [-0.39, 0.29) is 4.86 Å². The van der Waals surface area contributed by atoms with Crippen molar-refractivity contribution in [1.82, 2.24) is 11.0 Å². The summed E-state index contributed by atoms with van der Waals surface area (Å²) in [5, 5.41) is 21.5. The van der Waals surface area contributed by atoms with Gasteiger partial charge < -0.3 is 5.21 Å². The highest BCUT2D eigenvalue weighted by atomic mass is 16.8. The van der Waals surface area contributed by atoms with Crippen LogP contribution in [0.3, 0.4) is 0 Å². The van der Waals surface area contributed by atoms with Crippen LogP contribution in [0.4, 0.5) is 0 Å². The van der Waals surface area contributed by atoms with Gasteiger partial charge in [-0.1, -0.05) is 15.8 Å². The summed E-state index contributed by atoms with van der Waals surface area (Å²) in [6.45, 7) is 0. The minimum absolute atomic E-state index is 0.0806. The Morgan fingerprint density at radius 2 is 1.93 bits per heavy atom. The second kappa shape index (κ2) is 3.09. The van der Waals surface area contributed by atoms with Gasteiger partial charge in [0.05, 0.1) is 0 Å². The molecule has 0 spiro atoms. The largest absolute Gasteiger partial charge is 0.597 e. The average molecular weight is 216 g/mol. The van der Waals surface area contributed by atoms with E-state index >= 15 is 0 Å². The summed E-state index contributed by atoms with van der Waals surface area (Å²) < 4.78 is 0. The third-order valence-corrected chi connectivity index (χ3v) is 1.60. The monoisotopic (exact) mass is 216 g/mol. The van der Waals surface area contributed by atoms with Gasteiger partial charge in [0.1, 0.15) is 6.21 Å². The smallest absolute Gasteiger partial charge is 0.380 e. The molecule has 0 fully saturated rings. The number of rotatable bonds is 2. The molecule has 0 aromatic carbocycles. The van der Waals surface area contributed by atoms with E-state index in [0.717, 1.165) is 12.4 Å². The highest BCUT2D eigenvalue weighted by Crippen LogP contribution is 2.07.